The van der Waals surface area contributed by atoms with Crippen LogP contribution in [0.1, 0.15) is 85.5 Å². The fraction of sp³-hybridized carbons (Fsp3) is 0.658. The number of aromatic nitrogens is 2. The van der Waals surface area contributed by atoms with Crippen LogP contribution < -0.4 is 24.3 Å². The monoisotopic (exact) mass is 740 g/mol. The number of pyridine rings is 2. The fourth-order valence-electron chi connectivity index (χ4n) is 6.44. The molecule has 15 heteroatoms. The van der Waals surface area contributed by atoms with Gasteiger partial charge in [-0.3, -0.25) is 24.6 Å². The molecule has 4 aliphatic heterocycles. The van der Waals surface area contributed by atoms with E-state index in [-0.39, 0.29) is 30.2 Å². The zero-order chi connectivity index (χ0) is 38.2. The van der Waals surface area contributed by atoms with Crippen molar-refractivity contribution in [2.75, 3.05) is 52.6 Å². The highest BCUT2D eigenvalue weighted by Crippen LogP contribution is 2.32. The van der Waals surface area contributed by atoms with Crippen LogP contribution in [-0.2, 0) is 27.4 Å². The van der Waals surface area contributed by atoms with Gasteiger partial charge < -0.3 is 38.6 Å². The van der Waals surface area contributed by atoms with Crippen molar-refractivity contribution in [1.82, 2.24) is 30.0 Å². The van der Waals surface area contributed by atoms with Crippen molar-refractivity contribution in [3.63, 3.8) is 0 Å². The van der Waals surface area contributed by atoms with Gasteiger partial charge in [0.2, 0.25) is 5.91 Å². The Labute approximate surface area is 312 Å². The van der Waals surface area contributed by atoms with Crippen molar-refractivity contribution in [1.29, 1.82) is 0 Å². The number of rotatable bonds is 6. The highest BCUT2D eigenvalue weighted by atomic mass is 16.6. The van der Waals surface area contributed by atoms with Crippen molar-refractivity contribution in [2.24, 2.45) is 0 Å². The van der Waals surface area contributed by atoms with Crippen LogP contribution in [0.5, 0.6) is 23.0 Å². The summed E-state index contributed by atoms with van der Waals surface area (Å²) in [5.74, 6) is 2.67. The van der Waals surface area contributed by atoms with E-state index in [1.807, 2.05) is 58.6 Å². The summed E-state index contributed by atoms with van der Waals surface area (Å²) in [5, 5.41) is 3.33. The molecule has 4 aliphatic rings. The van der Waals surface area contributed by atoms with Gasteiger partial charge in [0.1, 0.15) is 37.6 Å². The van der Waals surface area contributed by atoms with Crippen LogP contribution in [0.25, 0.3) is 0 Å². The molecular formula is C38H56N6O9. The van der Waals surface area contributed by atoms with Crippen LogP contribution >= 0.6 is 0 Å². The zero-order valence-corrected chi connectivity index (χ0v) is 32.3. The van der Waals surface area contributed by atoms with Crippen LogP contribution in [0.2, 0.25) is 0 Å². The molecule has 0 aromatic carbocycles. The lowest BCUT2D eigenvalue weighted by molar-refractivity contribution is -0.130. The number of piperidine rings is 2. The summed E-state index contributed by atoms with van der Waals surface area (Å²) in [4.78, 5) is 51.5. The summed E-state index contributed by atoms with van der Waals surface area (Å²) in [7, 11) is 0. The number of ether oxygens (including phenoxy) is 6. The summed E-state index contributed by atoms with van der Waals surface area (Å²) < 4.78 is 33.5. The predicted molar refractivity (Wildman–Crippen MR) is 195 cm³/mol. The normalized spacial score (nSPS) is 17.5. The van der Waals surface area contributed by atoms with Gasteiger partial charge in [0, 0.05) is 44.2 Å². The average Bonchev–Trinajstić information content (AvgIpc) is 3.12. The van der Waals surface area contributed by atoms with E-state index in [0.717, 1.165) is 31.6 Å². The number of nitrogens with one attached hydrogen (secondary N) is 1. The number of amides is 3. The minimum atomic E-state index is -0.588. The summed E-state index contributed by atoms with van der Waals surface area (Å²) in [6.45, 7) is 18.6. The Hall–Kier alpha value is -4.53. The molecule has 6 heterocycles. The van der Waals surface area contributed by atoms with Gasteiger partial charge in [-0.15, -0.1) is 0 Å². The van der Waals surface area contributed by atoms with Gasteiger partial charge in [0.25, 0.3) is 0 Å². The number of fused-ring (bicyclic) bond motifs is 2. The quantitative estimate of drug-likeness (QED) is 0.427. The second-order valence-corrected chi connectivity index (χ2v) is 15.6. The topological polar surface area (TPSA) is 154 Å². The third-order valence-corrected chi connectivity index (χ3v) is 8.99. The fourth-order valence-corrected chi connectivity index (χ4v) is 6.44. The summed E-state index contributed by atoms with van der Waals surface area (Å²) in [5.41, 5.74) is 0.371. The van der Waals surface area contributed by atoms with Crippen molar-refractivity contribution in [3.8, 4) is 23.0 Å². The van der Waals surface area contributed by atoms with E-state index in [4.69, 9.17) is 28.4 Å². The maximum atomic E-state index is 12.9. The van der Waals surface area contributed by atoms with Gasteiger partial charge >= 0.3 is 12.2 Å². The third kappa shape index (κ3) is 11.7. The molecule has 0 unspecified atom stereocenters. The number of carbonyl (C=O) groups is 3. The Balaban J connectivity index is 0.000000206. The van der Waals surface area contributed by atoms with Crippen LogP contribution in [0.4, 0.5) is 9.59 Å². The van der Waals surface area contributed by atoms with Crippen LogP contribution in [0.3, 0.4) is 0 Å². The third-order valence-electron chi connectivity index (χ3n) is 8.99. The van der Waals surface area contributed by atoms with E-state index >= 15 is 0 Å². The van der Waals surface area contributed by atoms with Gasteiger partial charge in [-0.25, -0.2) is 9.59 Å². The second-order valence-electron chi connectivity index (χ2n) is 15.6. The molecule has 6 rings (SSSR count). The number of nitrogens with zero attached hydrogens (tertiary/aromatic N) is 5. The van der Waals surface area contributed by atoms with Crippen molar-refractivity contribution in [2.45, 2.75) is 111 Å². The van der Waals surface area contributed by atoms with E-state index in [2.05, 4.69) is 15.3 Å². The van der Waals surface area contributed by atoms with Gasteiger partial charge in [-0.05, 0) is 80.3 Å². The molecule has 0 radical (unpaired) electrons. The first-order chi connectivity index (χ1) is 25.1. The lowest BCUT2D eigenvalue weighted by atomic mass is 10.0. The van der Waals surface area contributed by atoms with Gasteiger partial charge in [0.15, 0.2) is 23.0 Å². The SMILES string of the molecule is CC(=O)N1CCC(N(Cc2cc3c(cn2)OCCO3)C(=O)OC(C)(C)C)CC1.CC(C)(C)OC(=O)N(Cc1cc2c(cn1)OCCO2)C1CCNCC1. The molecular weight excluding hydrogens is 684 g/mol. The van der Waals surface area contributed by atoms with Crippen LogP contribution in [0.15, 0.2) is 24.5 Å². The Morgan fingerprint density at radius 1 is 0.698 bits per heavy atom. The summed E-state index contributed by atoms with van der Waals surface area (Å²) in [6.07, 6.45) is 5.87. The smallest absolute Gasteiger partial charge is 0.410 e. The summed E-state index contributed by atoms with van der Waals surface area (Å²) >= 11 is 0. The Kier molecular flexibility index (Phi) is 13.1. The Bertz CT molecular complexity index is 1560. The Morgan fingerprint density at radius 3 is 1.49 bits per heavy atom. The van der Waals surface area contributed by atoms with Gasteiger partial charge in [0.05, 0.1) is 36.9 Å². The number of hydrogen-bond acceptors (Lipinski definition) is 12. The minimum absolute atomic E-state index is 0.0135. The molecule has 2 saturated heterocycles. The molecule has 2 aromatic rings. The first kappa shape index (κ1) is 39.7. The summed E-state index contributed by atoms with van der Waals surface area (Å²) in [6, 6.07) is 3.80. The molecule has 3 amide bonds. The van der Waals surface area contributed by atoms with E-state index in [9.17, 15) is 14.4 Å². The van der Waals surface area contributed by atoms with E-state index in [0.29, 0.717) is 94.1 Å². The van der Waals surface area contributed by atoms with Crippen molar-refractivity contribution >= 4 is 18.1 Å². The first-order valence-corrected chi connectivity index (χ1v) is 18.6. The average molecular weight is 741 g/mol. The molecule has 15 nitrogen and oxygen atoms in total. The molecule has 292 valence electrons. The highest BCUT2D eigenvalue weighted by Gasteiger charge is 2.33. The molecule has 53 heavy (non-hydrogen) atoms. The van der Waals surface area contributed by atoms with Crippen LogP contribution in [0, 0.1) is 0 Å². The molecule has 1 N–H and O–H groups in total. The Morgan fingerprint density at radius 2 is 1.09 bits per heavy atom. The maximum absolute atomic E-state index is 12.9. The molecule has 0 saturated carbocycles. The lowest BCUT2D eigenvalue weighted by Crippen LogP contribution is -2.49. The largest absolute Gasteiger partial charge is 0.486 e. The van der Waals surface area contributed by atoms with Crippen molar-refractivity contribution < 1.29 is 42.8 Å². The predicted octanol–water partition coefficient (Wildman–Crippen LogP) is 4.94. The molecule has 0 atom stereocenters. The lowest BCUT2D eigenvalue weighted by Gasteiger charge is -2.38. The standard InChI is InChI=1S/C20H29N3O5.C18H27N3O4/c1-14(24)22-7-5-16(6-8-22)23(19(25)28-20(2,3)4)13-15-11-17-18(12-21-15)27-10-9-26-17;1-18(2,3)25-17(22)21(14-4-6-19-7-5-14)12-13-10-15-16(11-20-13)24-9-8-23-15/h11-12,16H,5-10,13H2,1-4H3;10-11,14,19H,4-9,12H2,1-3H3. The van der Waals surface area contributed by atoms with Gasteiger partial charge in [-0.1, -0.05) is 0 Å². The number of carbonyl (C=O) groups excluding carboxylic acids is 3. The molecule has 0 aliphatic carbocycles. The second kappa shape index (κ2) is 17.5. The molecule has 2 aromatic heterocycles. The maximum Gasteiger partial charge on any atom is 0.410 e. The number of hydrogen-bond donors (Lipinski definition) is 1. The first-order valence-electron chi connectivity index (χ1n) is 18.6. The zero-order valence-electron chi connectivity index (χ0n) is 32.3. The molecule has 2 fully saturated rings. The van der Waals surface area contributed by atoms with E-state index < -0.39 is 11.2 Å². The van der Waals surface area contributed by atoms with Crippen molar-refractivity contribution in [3.05, 3.63) is 35.9 Å². The highest BCUT2D eigenvalue weighted by molar-refractivity contribution is 5.73. The van der Waals surface area contributed by atoms with Gasteiger partial charge in [-0.2, -0.15) is 0 Å². The van der Waals surface area contributed by atoms with E-state index in [1.54, 1.807) is 29.1 Å². The van der Waals surface area contributed by atoms with E-state index in [1.165, 1.54) is 0 Å². The molecule has 0 spiro atoms. The molecule has 0 bridgehead atoms. The van der Waals surface area contributed by atoms with Crippen LogP contribution in [-0.4, -0.2) is 119 Å². The minimum Gasteiger partial charge on any atom is -0.486 e. The number of likely N-dealkylation sites (tertiary alicyclic amines) is 1.